The molecular formula is C18H22FNO3S. The highest BCUT2D eigenvalue weighted by molar-refractivity contribution is 7.91. The zero-order valence-corrected chi connectivity index (χ0v) is 14.8. The molecule has 2 aliphatic rings. The highest BCUT2D eigenvalue weighted by Gasteiger charge is 2.24. The molecule has 1 saturated carbocycles. The average Bonchev–Trinajstić information content (AvgIpc) is 3.36. The number of sulfone groups is 1. The second-order valence-electron chi connectivity index (χ2n) is 6.41. The number of likely N-dealkylation sites (N-methyl/N-ethyl adjacent to an activating group) is 1. The van der Waals surface area contributed by atoms with Crippen molar-refractivity contribution in [3.63, 3.8) is 0 Å². The third-order valence-electron chi connectivity index (χ3n) is 4.24. The number of ether oxygens (including phenoxy) is 1. The van der Waals surface area contributed by atoms with Gasteiger partial charge in [-0.2, -0.15) is 0 Å². The second-order valence-corrected chi connectivity index (χ2v) is 8.68. The fraction of sp³-hybridized carbons (Fsp3) is 0.444. The Morgan fingerprint density at radius 3 is 2.71 bits per heavy atom. The van der Waals surface area contributed by atoms with Gasteiger partial charge in [-0.1, -0.05) is 6.92 Å². The zero-order valence-electron chi connectivity index (χ0n) is 14.0. The van der Waals surface area contributed by atoms with Crippen LogP contribution >= 0.6 is 0 Å². The Balaban J connectivity index is 2.03. The van der Waals surface area contributed by atoms with Gasteiger partial charge in [0.25, 0.3) is 0 Å². The first-order valence-electron chi connectivity index (χ1n) is 8.17. The lowest BCUT2D eigenvalue weighted by molar-refractivity contribution is 0.298. The van der Waals surface area contributed by atoms with E-state index in [1.807, 2.05) is 6.20 Å². The predicted molar refractivity (Wildman–Crippen MR) is 92.2 cm³/mol. The Morgan fingerprint density at radius 2 is 2.08 bits per heavy atom. The first-order valence-corrected chi connectivity index (χ1v) is 9.82. The molecule has 0 amide bonds. The average molecular weight is 351 g/mol. The Hall–Kier alpha value is -1.82. The summed E-state index contributed by atoms with van der Waals surface area (Å²) in [4.78, 5) is 1.97. The lowest BCUT2D eigenvalue weighted by atomic mass is 10.0. The fourth-order valence-electron chi connectivity index (χ4n) is 2.63. The summed E-state index contributed by atoms with van der Waals surface area (Å²) in [6.07, 6.45) is 5.58. The van der Waals surface area contributed by atoms with Crippen LogP contribution in [0.2, 0.25) is 0 Å². The number of hydrogen-bond acceptors (Lipinski definition) is 4. The summed E-state index contributed by atoms with van der Waals surface area (Å²) in [5.41, 5.74) is 1.24. The van der Waals surface area contributed by atoms with Crippen LogP contribution in [0.1, 0.15) is 25.3 Å². The van der Waals surface area contributed by atoms with Crippen molar-refractivity contribution in [2.75, 3.05) is 26.0 Å². The van der Waals surface area contributed by atoms with Gasteiger partial charge in [-0.15, -0.1) is 0 Å². The summed E-state index contributed by atoms with van der Waals surface area (Å²) in [6, 6.07) is 4.84. The molecule has 24 heavy (non-hydrogen) atoms. The second kappa shape index (κ2) is 6.59. The number of allylic oxidation sites excluding steroid dienone is 2. The Kier molecular flexibility index (Phi) is 4.67. The minimum Gasteiger partial charge on any atom is -0.493 e. The minimum absolute atomic E-state index is 0.0257. The molecule has 1 aliphatic carbocycles. The molecule has 0 radical (unpaired) electrons. The Morgan fingerprint density at radius 1 is 1.33 bits per heavy atom. The molecule has 1 aromatic rings. The van der Waals surface area contributed by atoms with E-state index < -0.39 is 9.84 Å². The molecule has 1 aromatic carbocycles. The molecule has 0 atom stereocenters. The maximum absolute atomic E-state index is 13.8. The van der Waals surface area contributed by atoms with E-state index in [2.05, 4.69) is 0 Å². The van der Waals surface area contributed by atoms with E-state index in [4.69, 9.17) is 4.74 Å². The van der Waals surface area contributed by atoms with Gasteiger partial charge in [0.1, 0.15) is 11.6 Å². The summed E-state index contributed by atoms with van der Waals surface area (Å²) in [6.45, 7) is 2.44. The number of benzene rings is 1. The van der Waals surface area contributed by atoms with E-state index in [9.17, 15) is 12.8 Å². The molecule has 4 nitrogen and oxygen atoms in total. The predicted octanol–water partition coefficient (Wildman–Crippen LogP) is 3.41. The monoisotopic (exact) mass is 351 g/mol. The van der Waals surface area contributed by atoms with Crippen LogP contribution < -0.4 is 4.74 Å². The van der Waals surface area contributed by atoms with Crippen molar-refractivity contribution < 1.29 is 17.5 Å². The molecule has 1 aliphatic heterocycles. The molecule has 130 valence electrons. The number of hydrogen-bond donors (Lipinski definition) is 0. The first-order chi connectivity index (χ1) is 11.4. The van der Waals surface area contributed by atoms with E-state index in [1.54, 1.807) is 37.1 Å². The quantitative estimate of drug-likeness (QED) is 0.788. The standard InChI is InChI=1S/C18H22FNO3S/c1-3-24(21,22)16-6-7-18(23-12-13-4-5-13)17(9-16)14-8-15(19)11-20(2)10-14/h6-10,13H,3-5,11-12H2,1-2H3. The lowest BCUT2D eigenvalue weighted by Gasteiger charge is -2.21. The number of nitrogens with zero attached hydrogens (tertiary/aromatic N) is 1. The van der Waals surface area contributed by atoms with E-state index in [1.165, 1.54) is 6.08 Å². The van der Waals surface area contributed by atoms with E-state index in [0.717, 1.165) is 12.8 Å². The summed E-state index contributed by atoms with van der Waals surface area (Å²) >= 11 is 0. The van der Waals surface area contributed by atoms with Crippen LogP contribution in [0.15, 0.2) is 41.2 Å². The molecular weight excluding hydrogens is 329 g/mol. The van der Waals surface area contributed by atoms with Crippen LogP contribution in [0.25, 0.3) is 5.57 Å². The van der Waals surface area contributed by atoms with Gasteiger partial charge in [0.15, 0.2) is 9.84 Å². The first kappa shape index (κ1) is 17.0. The minimum atomic E-state index is -3.33. The summed E-state index contributed by atoms with van der Waals surface area (Å²) in [7, 11) is -1.55. The largest absolute Gasteiger partial charge is 0.493 e. The van der Waals surface area contributed by atoms with E-state index in [0.29, 0.717) is 29.4 Å². The van der Waals surface area contributed by atoms with Crippen molar-refractivity contribution in [1.82, 2.24) is 4.90 Å². The molecule has 0 unspecified atom stereocenters. The SMILES string of the molecule is CCS(=O)(=O)c1ccc(OCC2CC2)c(C2=CN(C)CC(F)=C2)c1. The van der Waals surface area contributed by atoms with Gasteiger partial charge in [0.05, 0.1) is 23.8 Å². The van der Waals surface area contributed by atoms with Crippen molar-refractivity contribution in [3.8, 4) is 5.75 Å². The van der Waals surface area contributed by atoms with Gasteiger partial charge in [0, 0.05) is 24.4 Å². The Labute approximate surface area is 142 Å². The topological polar surface area (TPSA) is 46.6 Å². The third kappa shape index (κ3) is 3.80. The van der Waals surface area contributed by atoms with E-state index >= 15 is 0 Å². The maximum Gasteiger partial charge on any atom is 0.178 e. The van der Waals surface area contributed by atoms with Crippen LogP contribution in [0, 0.1) is 5.92 Å². The fourth-order valence-corrected chi connectivity index (χ4v) is 3.54. The summed E-state index contributed by atoms with van der Waals surface area (Å²) < 4.78 is 44.1. The normalized spacial score (nSPS) is 18.2. The van der Waals surface area contributed by atoms with Crippen molar-refractivity contribution in [2.24, 2.45) is 5.92 Å². The van der Waals surface area contributed by atoms with Crippen LogP contribution in [-0.4, -0.2) is 39.3 Å². The molecule has 0 N–H and O–H groups in total. The van der Waals surface area contributed by atoms with Crippen molar-refractivity contribution in [3.05, 3.63) is 41.9 Å². The molecule has 0 aromatic heterocycles. The summed E-state index contributed by atoms with van der Waals surface area (Å²) in [5, 5.41) is 0. The van der Waals surface area contributed by atoms with Gasteiger partial charge in [-0.25, -0.2) is 12.8 Å². The van der Waals surface area contributed by atoms with Gasteiger partial charge in [0.2, 0.25) is 0 Å². The van der Waals surface area contributed by atoms with Crippen molar-refractivity contribution in [1.29, 1.82) is 0 Å². The van der Waals surface area contributed by atoms with Gasteiger partial charge in [-0.05, 0) is 43.0 Å². The highest BCUT2D eigenvalue weighted by Crippen LogP contribution is 2.35. The van der Waals surface area contributed by atoms with E-state index in [-0.39, 0.29) is 23.0 Å². The molecule has 0 spiro atoms. The van der Waals surface area contributed by atoms with Crippen LogP contribution in [0.4, 0.5) is 4.39 Å². The number of halogens is 1. The molecule has 3 rings (SSSR count). The van der Waals surface area contributed by atoms with Crippen LogP contribution in [0.3, 0.4) is 0 Å². The Bertz CT molecular complexity index is 794. The van der Waals surface area contributed by atoms with Crippen LogP contribution in [0.5, 0.6) is 5.75 Å². The number of rotatable bonds is 6. The van der Waals surface area contributed by atoms with Crippen molar-refractivity contribution in [2.45, 2.75) is 24.7 Å². The molecule has 0 bridgehead atoms. The smallest absolute Gasteiger partial charge is 0.178 e. The zero-order chi connectivity index (χ0) is 17.3. The van der Waals surface area contributed by atoms with Crippen LogP contribution in [-0.2, 0) is 9.84 Å². The lowest BCUT2D eigenvalue weighted by Crippen LogP contribution is -2.17. The molecule has 0 saturated heterocycles. The van der Waals surface area contributed by atoms with Gasteiger partial charge < -0.3 is 9.64 Å². The third-order valence-corrected chi connectivity index (χ3v) is 5.98. The highest BCUT2D eigenvalue weighted by atomic mass is 32.2. The molecule has 6 heteroatoms. The maximum atomic E-state index is 13.8. The summed E-state index contributed by atoms with van der Waals surface area (Å²) in [5.74, 6) is 0.944. The van der Waals surface area contributed by atoms with Gasteiger partial charge >= 0.3 is 0 Å². The van der Waals surface area contributed by atoms with Crippen molar-refractivity contribution >= 4 is 15.4 Å². The molecule has 1 fully saturated rings. The van der Waals surface area contributed by atoms with Gasteiger partial charge in [-0.3, -0.25) is 0 Å². The molecule has 1 heterocycles.